The van der Waals surface area contributed by atoms with Crippen LogP contribution in [0.4, 0.5) is 5.69 Å². The first-order valence-electron chi connectivity index (χ1n) is 5.82. The van der Waals surface area contributed by atoms with Crippen LogP contribution in [0.25, 0.3) is 6.08 Å². The summed E-state index contributed by atoms with van der Waals surface area (Å²) in [7, 11) is 2.01. The quantitative estimate of drug-likeness (QED) is 0.844. The Labute approximate surface area is 116 Å². The molecule has 0 heterocycles. The summed E-state index contributed by atoms with van der Waals surface area (Å²) in [6.07, 6.45) is 2.79. The van der Waals surface area contributed by atoms with Crippen LogP contribution in [0.15, 0.2) is 28.7 Å². The van der Waals surface area contributed by atoms with Crippen molar-refractivity contribution in [2.45, 2.75) is 13.8 Å². The van der Waals surface area contributed by atoms with Gasteiger partial charge >= 0.3 is 5.97 Å². The topological polar surface area (TPSA) is 40.5 Å². The highest BCUT2D eigenvalue weighted by Gasteiger charge is 2.08. The van der Waals surface area contributed by atoms with Crippen LogP contribution < -0.4 is 4.90 Å². The predicted octanol–water partition coefficient (Wildman–Crippen LogP) is 3.64. The molecule has 4 heteroatoms. The Hall–Kier alpha value is -1.29. The van der Waals surface area contributed by atoms with E-state index in [2.05, 4.69) is 34.7 Å². The minimum atomic E-state index is -0.935. The molecule has 0 radical (unpaired) electrons. The Morgan fingerprint density at radius 3 is 2.72 bits per heavy atom. The van der Waals surface area contributed by atoms with Crippen molar-refractivity contribution in [3.8, 4) is 0 Å². The maximum Gasteiger partial charge on any atom is 0.328 e. The molecule has 0 aromatic heterocycles. The number of aliphatic carboxylic acids is 1. The van der Waals surface area contributed by atoms with E-state index in [0.717, 1.165) is 28.3 Å². The van der Waals surface area contributed by atoms with E-state index in [9.17, 15) is 4.79 Å². The summed E-state index contributed by atoms with van der Waals surface area (Å²) in [4.78, 5) is 12.7. The molecule has 0 unspecified atom stereocenters. The molecule has 18 heavy (non-hydrogen) atoms. The summed E-state index contributed by atoms with van der Waals surface area (Å²) in [5.41, 5.74) is 1.93. The zero-order chi connectivity index (χ0) is 13.7. The highest BCUT2D eigenvalue weighted by Crippen LogP contribution is 2.26. The minimum Gasteiger partial charge on any atom is -0.478 e. The fourth-order valence-electron chi connectivity index (χ4n) is 1.80. The zero-order valence-electron chi connectivity index (χ0n) is 10.9. The van der Waals surface area contributed by atoms with E-state index in [1.807, 2.05) is 25.2 Å². The van der Waals surface area contributed by atoms with Gasteiger partial charge in [0.15, 0.2) is 0 Å². The molecule has 1 N–H and O–H groups in total. The molecule has 0 saturated heterocycles. The lowest BCUT2D eigenvalue weighted by Crippen LogP contribution is -2.23. The Balaban J connectivity index is 3.06. The number of carboxylic acids is 1. The Morgan fingerprint density at radius 2 is 2.17 bits per heavy atom. The van der Waals surface area contributed by atoms with Gasteiger partial charge in [0, 0.05) is 29.8 Å². The summed E-state index contributed by atoms with van der Waals surface area (Å²) in [5.74, 6) is -0.388. The first-order valence-corrected chi connectivity index (χ1v) is 6.61. The molecule has 1 rings (SSSR count). The summed E-state index contributed by atoms with van der Waals surface area (Å²) < 4.78 is 0.987. The number of anilines is 1. The van der Waals surface area contributed by atoms with E-state index in [4.69, 9.17) is 5.11 Å². The first kappa shape index (κ1) is 14.8. The highest BCUT2D eigenvalue weighted by molar-refractivity contribution is 9.10. The van der Waals surface area contributed by atoms with Gasteiger partial charge in [-0.15, -0.1) is 0 Å². The van der Waals surface area contributed by atoms with E-state index >= 15 is 0 Å². The molecule has 0 fully saturated rings. The van der Waals surface area contributed by atoms with Gasteiger partial charge < -0.3 is 10.0 Å². The lowest BCUT2D eigenvalue weighted by Gasteiger charge is -2.23. The number of benzene rings is 1. The van der Waals surface area contributed by atoms with Crippen molar-refractivity contribution in [2.24, 2.45) is 5.92 Å². The van der Waals surface area contributed by atoms with Crippen molar-refractivity contribution in [3.05, 3.63) is 34.3 Å². The van der Waals surface area contributed by atoms with Gasteiger partial charge in [0.2, 0.25) is 0 Å². The molecule has 0 amide bonds. The Morgan fingerprint density at radius 1 is 1.50 bits per heavy atom. The first-order chi connectivity index (χ1) is 8.40. The molecular weight excluding hydrogens is 294 g/mol. The zero-order valence-corrected chi connectivity index (χ0v) is 12.4. The van der Waals surface area contributed by atoms with Crippen LogP contribution in [0, 0.1) is 5.92 Å². The SMILES string of the molecule is CC(C)CN(C)c1cc(Br)ccc1/C=C/C(=O)O. The van der Waals surface area contributed by atoms with Gasteiger partial charge in [-0.25, -0.2) is 4.79 Å². The van der Waals surface area contributed by atoms with Crippen LogP contribution in [0.3, 0.4) is 0 Å². The van der Waals surface area contributed by atoms with Crippen molar-refractivity contribution >= 4 is 33.7 Å². The van der Waals surface area contributed by atoms with Crippen LogP contribution >= 0.6 is 15.9 Å². The fourth-order valence-corrected chi connectivity index (χ4v) is 2.14. The molecule has 0 aliphatic heterocycles. The molecular formula is C14H18BrNO2. The lowest BCUT2D eigenvalue weighted by atomic mass is 10.1. The Kier molecular flexibility index (Phi) is 5.41. The van der Waals surface area contributed by atoms with Gasteiger partial charge in [-0.05, 0) is 29.7 Å². The molecule has 0 spiro atoms. The van der Waals surface area contributed by atoms with Crippen molar-refractivity contribution < 1.29 is 9.90 Å². The molecule has 1 aromatic rings. The van der Waals surface area contributed by atoms with Gasteiger partial charge in [0.05, 0.1) is 0 Å². The van der Waals surface area contributed by atoms with Crippen molar-refractivity contribution in [1.29, 1.82) is 0 Å². The Bertz CT molecular complexity index is 455. The average molecular weight is 312 g/mol. The van der Waals surface area contributed by atoms with Crippen LogP contribution in [0.5, 0.6) is 0 Å². The lowest BCUT2D eigenvalue weighted by molar-refractivity contribution is -0.131. The highest BCUT2D eigenvalue weighted by atomic mass is 79.9. The van der Waals surface area contributed by atoms with Gasteiger partial charge in [-0.3, -0.25) is 0 Å². The monoisotopic (exact) mass is 311 g/mol. The van der Waals surface area contributed by atoms with E-state index in [1.165, 1.54) is 0 Å². The standard InChI is InChI=1S/C14H18BrNO2/c1-10(2)9-16(3)13-8-12(15)6-4-11(13)5-7-14(17)18/h4-8,10H,9H2,1-3H3,(H,17,18)/b7-5+. The number of carboxylic acid groups (broad SMARTS) is 1. The number of carbonyl (C=O) groups is 1. The van der Waals surface area contributed by atoms with E-state index in [0.29, 0.717) is 5.92 Å². The van der Waals surface area contributed by atoms with Gasteiger partial charge in [0.25, 0.3) is 0 Å². The number of nitrogens with zero attached hydrogens (tertiary/aromatic N) is 1. The maximum absolute atomic E-state index is 10.6. The van der Waals surface area contributed by atoms with E-state index in [-0.39, 0.29) is 0 Å². The molecule has 98 valence electrons. The summed E-state index contributed by atoms with van der Waals surface area (Å²) in [6.45, 7) is 5.23. The van der Waals surface area contributed by atoms with Crippen LogP contribution in [0.2, 0.25) is 0 Å². The average Bonchev–Trinajstić information content (AvgIpc) is 2.26. The predicted molar refractivity (Wildman–Crippen MR) is 78.9 cm³/mol. The van der Waals surface area contributed by atoms with Crippen LogP contribution in [-0.4, -0.2) is 24.7 Å². The van der Waals surface area contributed by atoms with Crippen LogP contribution in [-0.2, 0) is 4.79 Å². The smallest absolute Gasteiger partial charge is 0.328 e. The molecule has 0 bridgehead atoms. The molecule has 3 nitrogen and oxygen atoms in total. The number of halogens is 1. The molecule has 1 aromatic carbocycles. The normalized spacial score (nSPS) is 11.2. The molecule has 0 saturated carbocycles. The summed E-state index contributed by atoms with van der Waals surface area (Å²) in [6, 6.07) is 5.83. The van der Waals surface area contributed by atoms with Gasteiger partial charge in [0.1, 0.15) is 0 Å². The third-order valence-electron chi connectivity index (χ3n) is 2.45. The van der Waals surface area contributed by atoms with Gasteiger partial charge in [-0.1, -0.05) is 35.8 Å². The molecule has 0 aliphatic rings. The number of hydrogen-bond acceptors (Lipinski definition) is 2. The minimum absolute atomic E-state index is 0.547. The summed E-state index contributed by atoms with van der Waals surface area (Å²) >= 11 is 3.44. The van der Waals surface area contributed by atoms with Crippen molar-refractivity contribution in [2.75, 3.05) is 18.5 Å². The number of hydrogen-bond donors (Lipinski definition) is 1. The summed E-state index contributed by atoms with van der Waals surface area (Å²) in [5, 5.41) is 8.69. The molecule has 0 aliphatic carbocycles. The third kappa shape index (κ3) is 4.53. The largest absolute Gasteiger partial charge is 0.478 e. The van der Waals surface area contributed by atoms with E-state index < -0.39 is 5.97 Å². The second kappa shape index (κ2) is 6.59. The molecule has 0 atom stereocenters. The fraction of sp³-hybridized carbons (Fsp3) is 0.357. The van der Waals surface area contributed by atoms with Crippen molar-refractivity contribution in [1.82, 2.24) is 0 Å². The second-order valence-electron chi connectivity index (χ2n) is 4.65. The van der Waals surface area contributed by atoms with Crippen LogP contribution in [0.1, 0.15) is 19.4 Å². The van der Waals surface area contributed by atoms with E-state index in [1.54, 1.807) is 6.08 Å². The number of rotatable bonds is 5. The second-order valence-corrected chi connectivity index (χ2v) is 5.56. The van der Waals surface area contributed by atoms with Crippen molar-refractivity contribution in [3.63, 3.8) is 0 Å². The van der Waals surface area contributed by atoms with Gasteiger partial charge in [-0.2, -0.15) is 0 Å². The third-order valence-corrected chi connectivity index (χ3v) is 2.94. The maximum atomic E-state index is 10.6.